The Morgan fingerprint density at radius 2 is 2.00 bits per heavy atom. The van der Waals surface area contributed by atoms with Crippen LogP contribution in [0.5, 0.6) is 0 Å². The van der Waals surface area contributed by atoms with Crippen LogP contribution < -0.4 is 10.5 Å². The van der Waals surface area contributed by atoms with Gasteiger partial charge in [-0.15, -0.1) is 0 Å². The zero-order valence-electron chi connectivity index (χ0n) is 17.3. The van der Waals surface area contributed by atoms with E-state index < -0.39 is 0 Å². The van der Waals surface area contributed by atoms with E-state index in [1.54, 1.807) is 6.92 Å². The van der Waals surface area contributed by atoms with Crippen LogP contribution in [0.3, 0.4) is 0 Å². The summed E-state index contributed by atoms with van der Waals surface area (Å²) in [6.07, 6.45) is 2.94. The Kier molecular flexibility index (Phi) is 4.89. The van der Waals surface area contributed by atoms with E-state index >= 15 is 0 Å². The van der Waals surface area contributed by atoms with Gasteiger partial charge in [0.25, 0.3) is 11.3 Å². The first-order valence-corrected chi connectivity index (χ1v) is 10.5. The highest BCUT2D eigenvalue weighted by Gasteiger charge is 2.22. The van der Waals surface area contributed by atoms with Crippen LogP contribution >= 0.6 is 0 Å². The number of fused-ring (bicyclic) bond motifs is 2. The van der Waals surface area contributed by atoms with Crippen LogP contribution in [-0.2, 0) is 11.2 Å². The Labute approximate surface area is 177 Å². The molecule has 0 atom stereocenters. The lowest BCUT2D eigenvalue weighted by molar-refractivity contribution is -0.130. The SMILES string of the molecule is Cc1nc2nc[nH]n2c(=O)c1CCC(=O)N1CCCN(c2nc3ccccc3[nH]2)CC1. The van der Waals surface area contributed by atoms with Gasteiger partial charge in [0.2, 0.25) is 11.9 Å². The molecule has 4 heterocycles. The number of amides is 1. The van der Waals surface area contributed by atoms with Gasteiger partial charge in [0, 0.05) is 38.2 Å². The summed E-state index contributed by atoms with van der Waals surface area (Å²) < 4.78 is 1.31. The predicted octanol–water partition coefficient (Wildman–Crippen LogP) is 1.27. The summed E-state index contributed by atoms with van der Waals surface area (Å²) in [5, 5.41) is 2.77. The zero-order chi connectivity index (χ0) is 21.4. The van der Waals surface area contributed by atoms with Crippen LogP contribution in [0, 0.1) is 6.92 Å². The van der Waals surface area contributed by atoms with Crippen LogP contribution in [0.2, 0.25) is 0 Å². The minimum atomic E-state index is -0.195. The Bertz CT molecular complexity index is 1270. The second-order valence-corrected chi connectivity index (χ2v) is 7.80. The minimum Gasteiger partial charge on any atom is -0.341 e. The lowest BCUT2D eigenvalue weighted by Crippen LogP contribution is -2.36. The maximum atomic E-state index is 12.9. The summed E-state index contributed by atoms with van der Waals surface area (Å²) in [6, 6.07) is 7.96. The fourth-order valence-corrected chi connectivity index (χ4v) is 4.14. The molecule has 4 aromatic rings. The van der Waals surface area contributed by atoms with E-state index in [1.165, 1.54) is 10.8 Å². The molecule has 0 aliphatic carbocycles. The Morgan fingerprint density at radius 1 is 1.13 bits per heavy atom. The van der Waals surface area contributed by atoms with Gasteiger partial charge in [-0.05, 0) is 31.9 Å². The van der Waals surface area contributed by atoms with E-state index in [0.29, 0.717) is 36.5 Å². The second-order valence-electron chi connectivity index (χ2n) is 7.80. The number of rotatable bonds is 4. The molecule has 5 rings (SSSR count). The van der Waals surface area contributed by atoms with Gasteiger partial charge in [-0.2, -0.15) is 4.52 Å². The van der Waals surface area contributed by atoms with Crippen molar-refractivity contribution in [2.75, 3.05) is 31.1 Å². The van der Waals surface area contributed by atoms with Crippen LogP contribution in [0.4, 0.5) is 5.95 Å². The van der Waals surface area contributed by atoms with Crippen molar-refractivity contribution >= 4 is 28.7 Å². The number of benzene rings is 1. The summed E-state index contributed by atoms with van der Waals surface area (Å²) in [5.74, 6) is 1.24. The number of anilines is 1. The van der Waals surface area contributed by atoms with Gasteiger partial charge in [0.1, 0.15) is 6.33 Å². The van der Waals surface area contributed by atoms with E-state index in [-0.39, 0.29) is 17.9 Å². The number of nitrogens with zero attached hydrogens (tertiary/aromatic N) is 6. The number of para-hydroxylation sites is 2. The summed E-state index contributed by atoms with van der Waals surface area (Å²) in [4.78, 5) is 46.0. The number of aromatic amines is 2. The molecule has 2 N–H and O–H groups in total. The van der Waals surface area contributed by atoms with Crippen molar-refractivity contribution in [1.29, 1.82) is 0 Å². The van der Waals surface area contributed by atoms with Gasteiger partial charge in [0.05, 0.1) is 16.7 Å². The Hall–Kier alpha value is -3.69. The summed E-state index contributed by atoms with van der Waals surface area (Å²) >= 11 is 0. The second kappa shape index (κ2) is 7.86. The van der Waals surface area contributed by atoms with E-state index in [9.17, 15) is 9.59 Å². The molecule has 1 amide bonds. The smallest absolute Gasteiger partial charge is 0.277 e. The first-order valence-electron chi connectivity index (χ1n) is 10.5. The van der Waals surface area contributed by atoms with E-state index in [4.69, 9.17) is 0 Å². The molecular weight excluding hydrogens is 396 g/mol. The molecule has 3 aromatic heterocycles. The summed E-state index contributed by atoms with van der Waals surface area (Å²) in [7, 11) is 0. The van der Waals surface area contributed by atoms with Gasteiger partial charge < -0.3 is 14.8 Å². The largest absolute Gasteiger partial charge is 0.341 e. The summed E-state index contributed by atoms with van der Waals surface area (Å²) in [5.41, 5.74) is 2.93. The Morgan fingerprint density at radius 3 is 2.87 bits per heavy atom. The standard InChI is InChI=1S/C21H24N8O2/c1-14-15(19(31)29-20(24-14)22-13-23-29)7-8-18(30)27-9-4-10-28(12-11-27)21-25-16-5-2-3-6-17(16)26-21/h2-3,5-6,13H,4,7-12H2,1H3,(H,25,26)(H,22,23,24). The summed E-state index contributed by atoms with van der Waals surface area (Å²) in [6.45, 7) is 4.67. The Balaban J connectivity index is 1.24. The molecule has 1 aliphatic rings. The highest BCUT2D eigenvalue weighted by atomic mass is 16.2. The van der Waals surface area contributed by atoms with Gasteiger partial charge >= 0.3 is 0 Å². The fraction of sp³-hybridized carbons (Fsp3) is 0.381. The molecular formula is C21H24N8O2. The highest BCUT2D eigenvalue weighted by Crippen LogP contribution is 2.19. The minimum absolute atomic E-state index is 0.0555. The molecule has 1 saturated heterocycles. The van der Waals surface area contributed by atoms with Gasteiger partial charge in [0.15, 0.2) is 0 Å². The molecule has 31 heavy (non-hydrogen) atoms. The van der Waals surface area contributed by atoms with Gasteiger partial charge in [-0.25, -0.2) is 15.0 Å². The van der Waals surface area contributed by atoms with Crippen LogP contribution in [0.15, 0.2) is 35.4 Å². The van der Waals surface area contributed by atoms with Crippen molar-refractivity contribution in [3.8, 4) is 0 Å². The third kappa shape index (κ3) is 3.65. The first-order chi connectivity index (χ1) is 15.1. The normalized spacial score (nSPS) is 15.0. The van der Waals surface area contributed by atoms with Crippen LogP contribution in [0.1, 0.15) is 24.1 Å². The average molecular weight is 420 g/mol. The molecule has 10 heteroatoms. The van der Waals surface area contributed by atoms with Crippen LogP contribution in [-0.4, -0.2) is 66.5 Å². The predicted molar refractivity (Wildman–Crippen MR) is 116 cm³/mol. The molecule has 1 aromatic carbocycles. The average Bonchev–Trinajstić information content (AvgIpc) is 3.33. The number of hydrogen-bond acceptors (Lipinski definition) is 6. The third-order valence-corrected chi connectivity index (χ3v) is 5.85. The number of carbonyl (C=O) groups excluding carboxylic acids is 1. The number of H-pyrrole nitrogens is 2. The molecule has 0 radical (unpaired) electrons. The number of nitrogens with one attached hydrogen (secondary N) is 2. The van der Waals surface area contributed by atoms with E-state index in [0.717, 1.165) is 36.5 Å². The monoisotopic (exact) mass is 420 g/mol. The molecule has 10 nitrogen and oxygen atoms in total. The number of aromatic nitrogens is 6. The molecule has 0 bridgehead atoms. The van der Waals surface area contributed by atoms with Crippen LogP contribution in [0.25, 0.3) is 16.8 Å². The maximum Gasteiger partial charge on any atom is 0.277 e. The number of carbonyl (C=O) groups is 1. The maximum absolute atomic E-state index is 12.9. The molecule has 0 spiro atoms. The molecule has 1 fully saturated rings. The van der Waals surface area contributed by atoms with Gasteiger partial charge in [-0.3, -0.25) is 14.7 Å². The highest BCUT2D eigenvalue weighted by molar-refractivity contribution is 5.78. The molecule has 160 valence electrons. The molecule has 1 aliphatic heterocycles. The number of imidazole rings is 1. The van der Waals surface area contributed by atoms with E-state index in [1.807, 2.05) is 29.2 Å². The number of hydrogen-bond donors (Lipinski definition) is 2. The quantitative estimate of drug-likeness (QED) is 0.514. The van der Waals surface area contributed by atoms with Crippen molar-refractivity contribution < 1.29 is 4.79 Å². The van der Waals surface area contributed by atoms with Crippen molar-refractivity contribution in [2.45, 2.75) is 26.2 Å². The fourth-order valence-electron chi connectivity index (χ4n) is 4.14. The first kappa shape index (κ1) is 19.3. The van der Waals surface area contributed by atoms with Crippen molar-refractivity contribution in [2.24, 2.45) is 0 Å². The lowest BCUT2D eigenvalue weighted by Gasteiger charge is -2.22. The lowest BCUT2D eigenvalue weighted by atomic mass is 10.1. The topological polar surface area (TPSA) is 115 Å². The molecule has 0 unspecified atom stereocenters. The molecule has 0 saturated carbocycles. The number of aryl methyl sites for hydroxylation is 1. The zero-order valence-corrected chi connectivity index (χ0v) is 17.3. The van der Waals surface area contributed by atoms with Crippen molar-refractivity contribution in [3.63, 3.8) is 0 Å². The van der Waals surface area contributed by atoms with E-state index in [2.05, 4.69) is 29.9 Å². The van der Waals surface area contributed by atoms with Crippen molar-refractivity contribution in [3.05, 3.63) is 52.2 Å². The third-order valence-electron chi connectivity index (χ3n) is 5.85. The van der Waals surface area contributed by atoms with Crippen molar-refractivity contribution in [1.82, 2.24) is 34.4 Å². The van der Waals surface area contributed by atoms with Gasteiger partial charge in [-0.1, -0.05) is 12.1 Å².